The summed E-state index contributed by atoms with van der Waals surface area (Å²) in [6, 6.07) is 25.0. The van der Waals surface area contributed by atoms with E-state index in [0.717, 1.165) is 17.7 Å². The zero-order valence-corrected chi connectivity index (χ0v) is 20.8. The molecule has 1 aliphatic rings. The summed E-state index contributed by atoms with van der Waals surface area (Å²) >= 11 is 0. The summed E-state index contributed by atoms with van der Waals surface area (Å²) in [6.07, 6.45) is 2.31. The number of nitrogens with zero attached hydrogens (tertiary/aromatic N) is 3. The normalized spacial score (nSPS) is 14.5. The first kappa shape index (κ1) is 24.1. The van der Waals surface area contributed by atoms with Crippen LogP contribution in [0.1, 0.15) is 31.0 Å². The molecule has 4 aromatic rings. The van der Waals surface area contributed by atoms with Crippen molar-refractivity contribution in [1.82, 2.24) is 14.8 Å². The molecule has 0 fully saturated rings. The Morgan fingerprint density at radius 1 is 1.00 bits per heavy atom. The van der Waals surface area contributed by atoms with Crippen LogP contribution in [0, 0.1) is 0 Å². The molecule has 8 nitrogen and oxygen atoms in total. The Labute approximate surface area is 216 Å². The minimum absolute atomic E-state index is 0.244. The third-order valence-electron chi connectivity index (χ3n) is 6.17. The highest BCUT2D eigenvalue weighted by atomic mass is 16.5. The smallest absolute Gasteiger partial charge is 0.255 e. The molecule has 8 heteroatoms. The molecular weight excluding hydrogens is 466 g/mol. The topological polar surface area (TPSA) is 90.3 Å². The lowest BCUT2D eigenvalue weighted by Crippen LogP contribution is -2.31. The molecule has 3 aromatic carbocycles. The molecule has 0 saturated heterocycles. The van der Waals surface area contributed by atoms with E-state index >= 15 is 0 Å². The van der Waals surface area contributed by atoms with Crippen molar-refractivity contribution >= 4 is 17.5 Å². The van der Waals surface area contributed by atoms with Crippen LogP contribution < -0.4 is 20.1 Å². The van der Waals surface area contributed by atoms with Gasteiger partial charge in [-0.15, -0.1) is 0 Å². The van der Waals surface area contributed by atoms with Gasteiger partial charge >= 0.3 is 0 Å². The third-order valence-corrected chi connectivity index (χ3v) is 6.17. The summed E-state index contributed by atoms with van der Waals surface area (Å²) in [7, 11) is 0. The van der Waals surface area contributed by atoms with Gasteiger partial charge in [0.1, 0.15) is 23.9 Å². The number of hydrogen-bond acceptors (Lipinski definition) is 6. The molecule has 0 radical (unpaired) electrons. The monoisotopic (exact) mass is 495 g/mol. The number of fused-ring (bicyclic) bond motifs is 1. The maximum absolute atomic E-state index is 13.6. The van der Waals surface area contributed by atoms with Crippen molar-refractivity contribution in [2.75, 3.05) is 23.8 Å². The van der Waals surface area contributed by atoms with E-state index in [2.05, 4.69) is 32.8 Å². The minimum Gasteiger partial charge on any atom is -0.493 e. The van der Waals surface area contributed by atoms with Crippen LogP contribution in [0.5, 0.6) is 11.5 Å². The van der Waals surface area contributed by atoms with Gasteiger partial charge in [0.2, 0.25) is 5.95 Å². The lowest BCUT2D eigenvalue weighted by molar-refractivity contribution is -0.113. The van der Waals surface area contributed by atoms with Gasteiger partial charge in [0.25, 0.3) is 5.91 Å². The second-order valence-corrected chi connectivity index (χ2v) is 8.63. The average Bonchev–Trinajstić information content (AvgIpc) is 3.38. The Morgan fingerprint density at radius 3 is 2.54 bits per heavy atom. The summed E-state index contributed by atoms with van der Waals surface area (Å²) in [4.78, 5) is 18.0. The molecule has 1 unspecified atom stereocenters. The first-order valence-electron chi connectivity index (χ1n) is 12.3. The number of rotatable bonds is 9. The van der Waals surface area contributed by atoms with Crippen molar-refractivity contribution in [3.63, 3.8) is 0 Å². The Balaban J connectivity index is 1.38. The third kappa shape index (κ3) is 5.33. The second-order valence-electron chi connectivity index (χ2n) is 8.63. The maximum Gasteiger partial charge on any atom is 0.255 e. The van der Waals surface area contributed by atoms with Gasteiger partial charge in [-0.1, -0.05) is 54.6 Å². The largest absolute Gasteiger partial charge is 0.493 e. The molecule has 5 rings (SSSR count). The highest BCUT2D eigenvalue weighted by Crippen LogP contribution is 2.36. The van der Waals surface area contributed by atoms with E-state index in [1.54, 1.807) is 4.68 Å². The Kier molecular flexibility index (Phi) is 7.16. The molecule has 2 N–H and O–H groups in total. The first-order valence-corrected chi connectivity index (χ1v) is 12.3. The molecule has 1 amide bonds. The molecule has 1 aliphatic heterocycles. The number of carbonyl (C=O) groups excluding carboxylic acids is 1. The van der Waals surface area contributed by atoms with Crippen LogP contribution >= 0.6 is 0 Å². The highest BCUT2D eigenvalue weighted by molar-refractivity contribution is 6.06. The van der Waals surface area contributed by atoms with E-state index in [0.29, 0.717) is 41.9 Å². The zero-order chi connectivity index (χ0) is 25.6. The summed E-state index contributed by atoms with van der Waals surface area (Å²) in [5, 5.41) is 10.6. The van der Waals surface area contributed by atoms with E-state index in [1.807, 2.05) is 80.6 Å². The number of hydrogen-bond donors (Lipinski definition) is 2. The van der Waals surface area contributed by atoms with Crippen molar-refractivity contribution in [1.29, 1.82) is 0 Å². The summed E-state index contributed by atoms with van der Waals surface area (Å²) in [5.41, 5.74) is 3.99. The lowest BCUT2D eigenvalue weighted by Gasteiger charge is -2.29. The molecule has 188 valence electrons. The van der Waals surface area contributed by atoms with Gasteiger partial charge in [-0.3, -0.25) is 4.79 Å². The van der Waals surface area contributed by atoms with E-state index in [1.165, 1.54) is 11.9 Å². The van der Waals surface area contributed by atoms with Crippen molar-refractivity contribution < 1.29 is 14.3 Å². The van der Waals surface area contributed by atoms with Crippen molar-refractivity contribution in [3.05, 3.63) is 108 Å². The standard InChI is InChI=1S/C29H29N5O3/c1-3-36-25-12-8-7-11-24(25)33-28(35)26-20(2)32-29-30-19-31-34(29)27(26)22-13-15-23(16-14-22)37-18-17-21-9-5-4-6-10-21/h4-16,19,27H,3,17-18H2,1-2H3,(H,33,35)(H,30,31,32). The predicted molar refractivity (Wildman–Crippen MR) is 143 cm³/mol. The van der Waals surface area contributed by atoms with Gasteiger partial charge in [0.05, 0.1) is 24.5 Å². The molecule has 0 bridgehead atoms. The van der Waals surface area contributed by atoms with Crippen molar-refractivity contribution in [2.45, 2.75) is 26.3 Å². The number of allylic oxidation sites excluding steroid dienone is 1. The van der Waals surface area contributed by atoms with Crippen LogP contribution in [-0.2, 0) is 11.2 Å². The highest BCUT2D eigenvalue weighted by Gasteiger charge is 2.33. The summed E-state index contributed by atoms with van der Waals surface area (Å²) in [5.74, 6) is 1.73. The Hall–Kier alpha value is -4.59. The molecule has 2 heterocycles. The van der Waals surface area contributed by atoms with Crippen LogP contribution in [0.4, 0.5) is 11.6 Å². The van der Waals surface area contributed by atoms with Crippen LogP contribution in [0.2, 0.25) is 0 Å². The van der Waals surface area contributed by atoms with E-state index < -0.39 is 6.04 Å². The number of benzene rings is 3. The fourth-order valence-electron chi connectivity index (χ4n) is 4.41. The Morgan fingerprint density at radius 2 is 1.76 bits per heavy atom. The molecular formula is C29H29N5O3. The summed E-state index contributed by atoms with van der Waals surface area (Å²) < 4.78 is 13.4. The molecule has 0 spiro atoms. The number of carbonyl (C=O) groups is 1. The number of aromatic nitrogens is 3. The number of ether oxygens (including phenoxy) is 2. The van der Waals surface area contributed by atoms with E-state index in [4.69, 9.17) is 9.47 Å². The van der Waals surface area contributed by atoms with Gasteiger partial charge in [0.15, 0.2) is 0 Å². The van der Waals surface area contributed by atoms with E-state index in [9.17, 15) is 4.79 Å². The van der Waals surface area contributed by atoms with Gasteiger partial charge in [-0.25, -0.2) is 4.68 Å². The minimum atomic E-state index is -0.462. The SMILES string of the molecule is CCOc1ccccc1NC(=O)C1=C(C)Nc2ncnn2C1c1ccc(OCCc2ccccc2)cc1. The number of nitrogens with one attached hydrogen (secondary N) is 2. The fourth-order valence-corrected chi connectivity index (χ4v) is 4.41. The van der Waals surface area contributed by atoms with Gasteiger partial charge in [0, 0.05) is 12.1 Å². The van der Waals surface area contributed by atoms with Gasteiger partial charge in [-0.2, -0.15) is 10.1 Å². The number of anilines is 2. The van der Waals surface area contributed by atoms with Crippen LogP contribution in [0.15, 0.2) is 96.5 Å². The Bertz CT molecular complexity index is 1400. The van der Waals surface area contributed by atoms with Crippen molar-refractivity contribution in [2.24, 2.45) is 0 Å². The van der Waals surface area contributed by atoms with Crippen molar-refractivity contribution in [3.8, 4) is 11.5 Å². The molecule has 1 atom stereocenters. The quantitative estimate of drug-likeness (QED) is 0.331. The predicted octanol–water partition coefficient (Wildman–Crippen LogP) is 5.23. The molecule has 37 heavy (non-hydrogen) atoms. The van der Waals surface area contributed by atoms with Crippen LogP contribution in [0.3, 0.4) is 0 Å². The van der Waals surface area contributed by atoms with Gasteiger partial charge < -0.3 is 20.1 Å². The maximum atomic E-state index is 13.6. The second kappa shape index (κ2) is 11.0. The van der Waals surface area contributed by atoms with Gasteiger partial charge in [-0.05, 0) is 49.2 Å². The molecule has 0 saturated carbocycles. The zero-order valence-electron chi connectivity index (χ0n) is 20.8. The lowest BCUT2D eigenvalue weighted by atomic mass is 9.95. The van der Waals surface area contributed by atoms with Crippen LogP contribution in [-0.4, -0.2) is 33.9 Å². The average molecular weight is 496 g/mol. The number of amides is 1. The fraction of sp³-hybridized carbons (Fsp3) is 0.207. The number of para-hydroxylation sites is 2. The molecule has 1 aromatic heterocycles. The first-order chi connectivity index (χ1) is 18.1. The van der Waals surface area contributed by atoms with E-state index in [-0.39, 0.29) is 5.91 Å². The molecule has 0 aliphatic carbocycles. The summed E-state index contributed by atoms with van der Waals surface area (Å²) in [6.45, 7) is 4.86. The van der Waals surface area contributed by atoms with Crippen LogP contribution in [0.25, 0.3) is 0 Å².